The van der Waals surface area contributed by atoms with E-state index < -0.39 is 0 Å². The highest BCUT2D eigenvalue weighted by molar-refractivity contribution is 7.15. The summed E-state index contributed by atoms with van der Waals surface area (Å²) in [6.45, 7) is 0.479. The van der Waals surface area contributed by atoms with Gasteiger partial charge in [0.05, 0.1) is 10.4 Å². The number of anilines is 1. The molecule has 4 nitrogen and oxygen atoms in total. The molecule has 2 aromatic heterocycles. The number of hydrogen-bond donors (Lipinski definition) is 1. The number of aromatic nitrogens is 2. The lowest BCUT2D eigenvalue weighted by Gasteiger charge is -2.05. The van der Waals surface area contributed by atoms with Crippen LogP contribution in [0.4, 0.5) is 5.13 Å². The highest BCUT2D eigenvalue weighted by Gasteiger charge is 2.01. The topological polar surface area (TPSA) is 61.0 Å². The quantitative estimate of drug-likeness (QED) is 0.783. The number of ether oxygens (including phenoxy) is 1. The first-order valence-electron chi connectivity index (χ1n) is 5.49. The number of pyridine rings is 1. The van der Waals surface area contributed by atoms with Crippen LogP contribution in [0.15, 0.2) is 42.7 Å². The number of thiazole rings is 1. The molecule has 0 aliphatic carbocycles. The lowest BCUT2D eigenvalue weighted by atomic mass is 10.2. The summed E-state index contributed by atoms with van der Waals surface area (Å²) in [7, 11) is 0. The van der Waals surface area contributed by atoms with Crippen LogP contribution < -0.4 is 10.5 Å². The Kier molecular flexibility index (Phi) is 2.82. The molecule has 18 heavy (non-hydrogen) atoms. The Morgan fingerprint density at radius 1 is 1.22 bits per heavy atom. The number of fused-ring (bicyclic) bond motifs is 1. The van der Waals surface area contributed by atoms with E-state index in [2.05, 4.69) is 9.97 Å². The van der Waals surface area contributed by atoms with Crippen LogP contribution in [0.3, 0.4) is 0 Å². The molecule has 1 aromatic carbocycles. The van der Waals surface area contributed by atoms with E-state index in [-0.39, 0.29) is 0 Å². The number of rotatable bonds is 3. The zero-order valence-corrected chi connectivity index (χ0v) is 10.4. The maximum absolute atomic E-state index is 5.69. The van der Waals surface area contributed by atoms with Crippen LogP contribution in [0.25, 0.3) is 10.9 Å². The monoisotopic (exact) mass is 257 g/mol. The van der Waals surface area contributed by atoms with Gasteiger partial charge in [0.1, 0.15) is 12.4 Å². The molecule has 0 spiro atoms. The number of hydrogen-bond acceptors (Lipinski definition) is 5. The van der Waals surface area contributed by atoms with E-state index in [4.69, 9.17) is 10.5 Å². The molecule has 5 heteroatoms. The first-order valence-corrected chi connectivity index (χ1v) is 6.31. The van der Waals surface area contributed by atoms with Crippen LogP contribution in [0.1, 0.15) is 4.88 Å². The summed E-state index contributed by atoms with van der Waals surface area (Å²) in [4.78, 5) is 9.28. The number of nitrogen functional groups attached to an aromatic ring is 1. The fraction of sp³-hybridized carbons (Fsp3) is 0.0769. The largest absolute Gasteiger partial charge is 0.488 e. The van der Waals surface area contributed by atoms with E-state index in [0.29, 0.717) is 11.7 Å². The Morgan fingerprint density at radius 3 is 3.00 bits per heavy atom. The van der Waals surface area contributed by atoms with E-state index >= 15 is 0 Å². The fourth-order valence-corrected chi connectivity index (χ4v) is 2.28. The molecule has 0 fully saturated rings. The zero-order chi connectivity index (χ0) is 12.4. The van der Waals surface area contributed by atoms with Gasteiger partial charge in [0, 0.05) is 23.8 Å². The second kappa shape index (κ2) is 4.62. The van der Waals surface area contributed by atoms with Crippen molar-refractivity contribution >= 4 is 27.4 Å². The van der Waals surface area contributed by atoms with E-state index in [1.807, 2.05) is 30.3 Å². The third-order valence-corrected chi connectivity index (χ3v) is 3.33. The summed E-state index contributed by atoms with van der Waals surface area (Å²) in [5, 5.41) is 1.67. The molecule has 3 rings (SSSR count). The van der Waals surface area contributed by atoms with Crippen LogP contribution in [0.5, 0.6) is 5.75 Å². The van der Waals surface area contributed by atoms with E-state index in [1.54, 1.807) is 12.4 Å². The van der Waals surface area contributed by atoms with Gasteiger partial charge in [0.2, 0.25) is 0 Å². The van der Waals surface area contributed by atoms with Crippen molar-refractivity contribution in [2.75, 3.05) is 5.73 Å². The summed E-state index contributed by atoms with van der Waals surface area (Å²) in [6.07, 6.45) is 3.51. The van der Waals surface area contributed by atoms with Crippen LogP contribution in [0, 0.1) is 0 Å². The molecule has 0 saturated carbocycles. The Morgan fingerprint density at radius 2 is 2.17 bits per heavy atom. The molecule has 90 valence electrons. The minimum atomic E-state index is 0.479. The van der Waals surface area contributed by atoms with Crippen molar-refractivity contribution in [3.8, 4) is 5.75 Å². The van der Waals surface area contributed by atoms with Gasteiger partial charge in [-0.3, -0.25) is 4.98 Å². The van der Waals surface area contributed by atoms with E-state index in [0.717, 1.165) is 21.5 Å². The van der Waals surface area contributed by atoms with Crippen molar-refractivity contribution in [2.45, 2.75) is 6.61 Å². The summed E-state index contributed by atoms with van der Waals surface area (Å²) >= 11 is 1.44. The minimum Gasteiger partial charge on any atom is -0.488 e. The third kappa shape index (κ3) is 2.26. The second-order valence-corrected chi connectivity index (χ2v) is 4.96. The minimum absolute atomic E-state index is 0.479. The molecule has 0 radical (unpaired) electrons. The standard InChI is InChI=1S/C13H11N3OS/c14-13-16-7-11(18-13)8-17-10-4-3-9-2-1-5-15-12(9)6-10/h1-7H,8H2,(H2,14,16). The zero-order valence-electron chi connectivity index (χ0n) is 9.54. The smallest absolute Gasteiger partial charge is 0.180 e. The Bertz CT molecular complexity index is 681. The van der Waals surface area contributed by atoms with Gasteiger partial charge in [-0.05, 0) is 18.2 Å². The predicted molar refractivity (Wildman–Crippen MR) is 72.6 cm³/mol. The van der Waals surface area contributed by atoms with Gasteiger partial charge in [-0.1, -0.05) is 17.4 Å². The lowest BCUT2D eigenvalue weighted by Crippen LogP contribution is -1.92. The van der Waals surface area contributed by atoms with Gasteiger partial charge in [-0.15, -0.1) is 0 Å². The Hall–Kier alpha value is -2.14. The van der Waals surface area contributed by atoms with Crippen molar-refractivity contribution < 1.29 is 4.74 Å². The molecule has 0 unspecified atom stereocenters. The molecule has 3 aromatic rings. The summed E-state index contributed by atoms with van der Waals surface area (Å²) < 4.78 is 5.69. The van der Waals surface area contributed by atoms with Crippen molar-refractivity contribution in [3.05, 3.63) is 47.6 Å². The molecular formula is C13H11N3OS. The Labute approximate surface area is 108 Å². The van der Waals surface area contributed by atoms with E-state index in [1.165, 1.54) is 11.3 Å². The first kappa shape index (κ1) is 11.0. The van der Waals surface area contributed by atoms with Crippen molar-refractivity contribution in [3.63, 3.8) is 0 Å². The fourth-order valence-electron chi connectivity index (χ4n) is 1.68. The summed E-state index contributed by atoms with van der Waals surface area (Å²) in [6, 6.07) is 9.81. The van der Waals surface area contributed by atoms with Crippen LogP contribution in [-0.2, 0) is 6.61 Å². The normalized spacial score (nSPS) is 10.7. The molecular weight excluding hydrogens is 246 g/mol. The lowest BCUT2D eigenvalue weighted by molar-refractivity contribution is 0.310. The van der Waals surface area contributed by atoms with Crippen molar-refractivity contribution in [1.82, 2.24) is 9.97 Å². The third-order valence-electron chi connectivity index (χ3n) is 2.53. The number of nitrogens with two attached hydrogens (primary N) is 1. The average Bonchev–Trinajstić information content (AvgIpc) is 2.82. The molecule has 0 atom stereocenters. The predicted octanol–water partition coefficient (Wildman–Crippen LogP) is 2.85. The summed E-state index contributed by atoms with van der Waals surface area (Å²) in [5.74, 6) is 0.799. The SMILES string of the molecule is Nc1ncc(COc2ccc3cccnc3c2)s1. The first-order chi connectivity index (χ1) is 8.81. The average molecular weight is 257 g/mol. The molecule has 2 N–H and O–H groups in total. The molecule has 0 bridgehead atoms. The molecule has 0 aliphatic heterocycles. The van der Waals surface area contributed by atoms with Crippen molar-refractivity contribution in [2.24, 2.45) is 0 Å². The van der Waals surface area contributed by atoms with Gasteiger partial charge >= 0.3 is 0 Å². The van der Waals surface area contributed by atoms with Gasteiger partial charge < -0.3 is 10.5 Å². The van der Waals surface area contributed by atoms with Gasteiger partial charge in [-0.25, -0.2) is 4.98 Å². The van der Waals surface area contributed by atoms with Crippen LogP contribution >= 0.6 is 11.3 Å². The maximum atomic E-state index is 5.69. The molecule has 0 amide bonds. The van der Waals surface area contributed by atoms with Gasteiger partial charge in [-0.2, -0.15) is 0 Å². The second-order valence-electron chi connectivity index (χ2n) is 3.81. The van der Waals surface area contributed by atoms with Crippen LogP contribution in [0.2, 0.25) is 0 Å². The highest BCUT2D eigenvalue weighted by Crippen LogP contribution is 2.21. The van der Waals surface area contributed by atoms with Gasteiger partial charge in [0.15, 0.2) is 5.13 Å². The van der Waals surface area contributed by atoms with E-state index in [9.17, 15) is 0 Å². The number of benzene rings is 1. The molecule has 0 aliphatic rings. The van der Waals surface area contributed by atoms with Crippen LogP contribution in [-0.4, -0.2) is 9.97 Å². The number of nitrogens with zero attached hydrogens (tertiary/aromatic N) is 2. The van der Waals surface area contributed by atoms with Crippen molar-refractivity contribution in [1.29, 1.82) is 0 Å². The highest BCUT2D eigenvalue weighted by atomic mass is 32.1. The molecule has 2 heterocycles. The maximum Gasteiger partial charge on any atom is 0.180 e. The molecule has 0 saturated heterocycles. The van der Waals surface area contributed by atoms with Gasteiger partial charge in [0.25, 0.3) is 0 Å². The summed E-state index contributed by atoms with van der Waals surface area (Å²) in [5.41, 5.74) is 6.49. The Balaban J connectivity index is 1.78.